The van der Waals surface area contributed by atoms with E-state index in [9.17, 15) is 0 Å². The van der Waals surface area contributed by atoms with Crippen LogP contribution < -0.4 is 0 Å². The summed E-state index contributed by atoms with van der Waals surface area (Å²) >= 11 is 0. The van der Waals surface area contributed by atoms with Gasteiger partial charge in [0, 0.05) is 13.1 Å². The van der Waals surface area contributed by atoms with Gasteiger partial charge in [-0.3, -0.25) is 0 Å². The van der Waals surface area contributed by atoms with Gasteiger partial charge in [-0.25, -0.2) is 0 Å². The van der Waals surface area contributed by atoms with Gasteiger partial charge < -0.3 is 4.90 Å². The van der Waals surface area contributed by atoms with Gasteiger partial charge in [0.1, 0.15) is 0 Å². The monoisotopic (exact) mass is 251 g/mol. The van der Waals surface area contributed by atoms with Gasteiger partial charge in [-0.1, -0.05) is 53.2 Å². The van der Waals surface area contributed by atoms with Gasteiger partial charge in [-0.15, -0.1) is 0 Å². The van der Waals surface area contributed by atoms with Crippen molar-refractivity contribution in [2.75, 3.05) is 7.05 Å². The van der Waals surface area contributed by atoms with E-state index < -0.39 is 0 Å². The number of rotatable bonds is 9. The van der Waals surface area contributed by atoms with Crippen LogP contribution in [0.15, 0.2) is 24.9 Å². The molecule has 0 aromatic carbocycles. The minimum atomic E-state index is 0.588. The van der Waals surface area contributed by atoms with Crippen LogP contribution in [0.1, 0.15) is 53.9 Å². The first kappa shape index (κ1) is 17.3. The van der Waals surface area contributed by atoms with Crippen LogP contribution in [-0.2, 0) is 0 Å². The molecule has 0 aliphatic carbocycles. The summed E-state index contributed by atoms with van der Waals surface area (Å²) < 4.78 is 0. The molecule has 0 saturated carbocycles. The van der Waals surface area contributed by atoms with E-state index in [1.165, 1.54) is 19.3 Å². The fourth-order valence-electron chi connectivity index (χ4n) is 2.70. The van der Waals surface area contributed by atoms with Gasteiger partial charge in [-0.2, -0.15) is 0 Å². The normalized spacial score (nSPS) is 18.3. The molecular weight excluding hydrogens is 218 g/mol. The van der Waals surface area contributed by atoms with Crippen LogP contribution in [0.4, 0.5) is 0 Å². The molecule has 0 aromatic rings. The molecule has 0 bridgehead atoms. The molecule has 1 nitrogen and oxygen atoms in total. The lowest BCUT2D eigenvalue weighted by molar-refractivity contribution is 0.144. The van der Waals surface area contributed by atoms with Gasteiger partial charge >= 0.3 is 0 Å². The standard InChI is InChI=1S/C17H33N/c1-8-11-13-18(7)16(6)17(12-9-2)15(5)14(4)10-3/h8,11,13-17H,1,9-10,12H2,2-7H3/b13-11-/t14-,15?,16-,17?/m1/s1. The van der Waals surface area contributed by atoms with E-state index in [0.717, 1.165) is 17.8 Å². The van der Waals surface area contributed by atoms with Crippen LogP contribution in [0.5, 0.6) is 0 Å². The lowest BCUT2D eigenvalue weighted by atomic mass is 9.76. The summed E-state index contributed by atoms with van der Waals surface area (Å²) in [6.45, 7) is 15.5. The Hall–Kier alpha value is -0.720. The van der Waals surface area contributed by atoms with Crippen molar-refractivity contribution < 1.29 is 0 Å². The van der Waals surface area contributed by atoms with Crippen molar-refractivity contribution in [2.24, 2.45) is 17.8 Å². The molecule has 0 amide bonds. The molecule has 0 fully saturated rings. The molecule has 0 radical (unpaired) electrons. The van der Waals surface area contributed by atoms with Crippen molar-refractivity contribution in [3.63, 3.8) is 0 Å². The third-order valence-electron chi connectivity index (χ3n) is 4.56. The zero-order valence-electron chi connectivity index (χ0n) is 13.3. The SMILES string of the molecule is C=C/C=C\N(C)[C@H](C)C(CCC)C(C)[C@H](C)CC. The number of nitrogens with zero attached hydrogens (tertiary/aromatic N) is 1. The zero-order chi connectivity index (χ0) is 14.1. The van der Waals surface area contributed by atoms with Crippen molar-refractivity contribution in [1.29, 1.82) is 0 Å². The molecule has 0 spiro atoms. The van der Waals surface area contributed by atoms with Crippen LogP contribution in [0.2, 0.25) is 0 Å². The molecule has 0 N–H and O–H groups in total. The van der Waals surface area contributed by atoms with Gasteiger partial charge in [-0.05, 0) is 43.4 Å². The highest BCUT2D eigenvalue weighted by atomic mass is 15.1. The maximum atomic E-state index is 3.74. The minimum absolute atomic E-state index is 0.588. The summed E-state index contributed by atoms with van der Waals surface area (Å²) in [6.07, 6.45) is 9.88. The fourth-order valence-corrected chi connectivity index (χ4v) is 2.70. The number of hydrogen-bond donors (Lipinski definition) is 0. The summed E-state index contributed by atoms with van der Waals surface area (Å²) in [7, 11) is 2.18. The Bertz CT molecular complexity index is 244. The van der Waals surface area contributed by atoms with E-state index in [0.29, 0.717) is 6.04 Å². The van der Waals surface area contributed by atoms with E-state index in [1.54, 1.807) is 0 Å². The Balaban J connectivity index is 4.75. The average Bonchev–Trinajstić information content (AvgIpc) is 2.39. The van der Waals surface area contributed by atoms with Gasteiger partial charge in [0.05, 0.1) is 0 Å². The van der Waals surface area contributed by atoms with Crippen LogP contribution >= 0.6 is 0 Å². The van der Waals surface area contributed by atoms with Gasteiger partial charge in [0.2, 0.25) is 0 Å². The predicted octanol–water partition coefficient (Wildman–Crippen LogP) is 5.10. The van der Waals surface area contributed by atoms with Crippen LogP contribution in [0.25, 0.3) is 0 Å². The molecule has 0 saturated heterocycles. The third kappa shape index (κ3) is 5.29. The first-order valence-electron chi connectivity index (χ1n) is 7.50. The average molecular weight is 251 g/mol. The summed E-state index contributed by atoms with van der Waals surface area (Å²) in [5.41, 5.74) is 0. The lowest BCUT2D eigenvalue weighted by Gasteiger charge is -2.37. The molecule has 0 aromatic heterocycles. The van der Waals surface area contributed by atoms with Crippen molar-refractivity contribution in [3.05, 3.63) is 24.9 Å². The van der Waals surface area contributed by atoms with Crippen LogP contribution in [-0.4, -0.2) is 18.0 Å². The first-order valence-corrected chi connectivity index (χ1v) is 7.50. The minimum Gasteiger partial charge on any atom is -0.377 e. The van der Waals surface area contributed by atoms with Gasteiger partial charge in [0.25, 0.3) is 0 Å². The Kier molecular flexibility index (Phi) is 8.87. The summed E-state index contributed by atoms with van der Waals surface area (Å²) in [5, 5.41) is 0. The van der Waals surface area contributed by atoms with Crippen LogP contribution in [0.3, 0.4) is 0 Å². The van der Waals surface area contributed by atoms with Gasteiger partial charge in [0.15, 0.2) is 0 Å². The first-order chi connectivity index (χ1) is 8.49. The Labute approximate surface area is 115 Å². The second-order valence-electron chi connectivity index (χ2n) is 5.68. The maximum absolute atomic E-state index is 3.74. The van der Waals surface area contributed by atoms with E-state index in [1.807, 2.05) is 12.2 Å². The molecule has 0 aliphatic rings. The molecule has 2 unspecified atom stereocenters. The summed E-state index contributed by atoms with van der Waals surface area (Å²) in [5.74, 6) is 2.36. The molecule has 18 heavy (non-hydrogen) atoms. The third-order valence-corrected chi connectivity index (χ3v) is 4.56. The topological polar surface area (TPSA) is 3.24 Å². The van der Waals surface area contributed by atoms with E-state index in [4.69, 9.17) is 0 Å². The molecular formula is C17H33N. The second-order valence-corrected chi connectivity index (χ2v) is 5.68. The maximum Gasteiger partial charge on any atom is 0.0283 e. The molecule has 106 valence electrons. The highest BCUT2D eigenvalue weighted by Gasteiger charge is 2.27. The Morgan fingerprint density at radius 1 is 1.17 bits per heavy atom. The van der Waals surface area contributed by atoms with Crippen molar-refractivity contribution in [1.82, 2.24) is 4.90 Å². The number of allylic oxidation sites excluding steroid dienone is 2. The molecule has 0 rings (SSSR count). The molecule has 0 heterocycles. The molecule has 4 atom stereocenters. The Morgan fingerprint density at radius 3 is 2.22 bits per heavy atom. The summed E-state index contributed by atoms with van der Waals surface area (Å²) in [6, 6.07) is 0.588. The van der Waals surface area contributed by atoms with E-state index in [2.05, 4.69) is 59.3 Å². The zero-order valence-corrected chi connectivity index (χ0v) is 13.3. The van der Waals surface area contributed by atoms with E-state index in [-0.39, 0.29) is 0 Å². The molecule has 0 aliphatic heterocycles. The lowest BCUT2D eigenvalue weighted by Crippen LogP contribution is -2.37. The van der Waals surface area contributed by atoms with Crippen molar-refractivity contribution in [3.8, 4) is 0 Å². The summed E-state index contributed by atoms with van der Waals surface area (Å²) in [4.78, 5) is 2.33. The largest absolute Gasteiger partial charge is 0.377 e. The van der Waals surface area contributed by atoms with Crippen molar-refractivity contribution in [2.45, 2.75) is 59.9 Å². The van der Waals surface area contributed by atoms with E-state index >= 15 is 0 Å². The highest BCUT2D eigenvalue weighted by Crippen LogP contribution is 2.31. The predicted molar refractivity (Wildman–Crippen MR) is 83.6 cm³/mol. The highest BCUT2D eigenvalue weighted by molar-refractivity contribution is 4.98. The number of hydrogen-bond acceptors (Lipinski definition) is 1. The van der Waals surface area contributed by atoms with Crippen LogP contribution in [0, 0.1) is 17.8 Å². The quantitative estimate of drug-likeness (QED) is 0.515. The molecule has 1 heteroatoms. The smallest absolute Gasteiger partial charge is 0.0283 e. The fraction of sp³-hybridized carbons (Fsp3) is 0.765. The van der Waals surface area contributed by atoms with Crippen molar-refractivity contribution >= 4 is 0 Å². The second kappa shape index (κ2) is 9.24. The Morgan fingerprint density at radius 2 is 1.78 bits per heavy atom.